The largest absolute Gasteiger partial charge is 0.447 e. The van der Waals surface area contributed by atoms with Gasteiger partial charge in [-0.1, -0.05) is 33.8 Å². The molecule has 1 unspecified atom stereocenters. The molecule has 1 aliphatic rings. The molecule has 0 saturated carbocycles. The van der Waals surface area contributed by atoms with Gasteiger partial charge in [-0.3, -0.25) is 4.98 Å². The summed E-state index contributed by atoms with van der Waals surface area (Å²) in [5.41, 5.74) is 2.09. The number of carbonyl (C=O) groups excluding carboxylic acids is 1. The molecule has 7 heteroatoms. The molecule has 0 radical (unpaired) electrons. The fraction of sp³-hybridized carbons (Fsp3) is 0.636. The molecule has 5 nitrogen and oxygen atoms in total. The number of carbonyl (C=O) groups is 1. The van der Waals surface area contributed by atoms with E-state index in [0.29, 0.717) is 18.8 Å². The number of rotatable bonds is 5. The van der Waals surface area contributed by atoms with Crippen LogP contribution in [0.4, 0.5) is 9.18 Å². The van der Waals surface area contributed by atoms with Crippen LogP contribution >= 0.6 is 0 Å². The van der Waals surface area contributed by atoms with E-state index in [-0.39, 0.29) is 35.6 Å². The van der Waals surface area contributed by atoms with Crippen molar-refractivity contribution in [2.24, 2.45) is 5.92 Å². The first kappa shape index (κ1) is 23.5. The van der Waals surface area contributed by atoms with Crippen LogP contribution in [0.3, 0.4) is 0 Å². The summed E-state index contributed by atoms with van der Waals surface area (Å²) in [6, 6.07) is 1.53. The summed E-state index contributed by atoms with van der Waals surface area (Å²) in [7, 11) is -1.97. The van der Waals surface area contributed by atoms with E-state index in [9.17, 15) is 9.18 Å². The Morgan fingerprint density at radius 3 is 2.55 bits per heavy atom. The predicted octanol–water partition coefficient (Wildman–Crippen LogP) is 5.62. The fourth-order valence-electron chi connectivity index (χ4n) is 2.94. The summed E-state index contributed by atoms with van der Waals surface area (Å²) in [6.45, 7) is 17.6. The molecule has 1 atom stereocenters. The standard InChI is InChI=1S/C22H35FN2O3Si/c1-15(2)28-21(26)25-10-9-18(16(3)13-25)17-11-19(23)20(24-12-17)14-27-29(7,8)22(4,5)6/h9,11-12,15-16H,10,13-14H2,1-8H3. The minimum Gasteiger partial charge on any atom is -0.447 e. The Kier molecular flexibility index (Phi) is 7.27. The Labute approximate surface area is 175 Å². The Balaban J connectivity index is 2.10. The minimum absolute atomic E-state index is 0.0638. The van der Waals surface area contributed by atoms with Gasteiger partial charge in [-0.25, -0.2) is 9.18 Å². The topological polar surface area (TPSA) is 51.7 Å². The Hall–Kier alpha value is -1.73. The molecule has 29 heavy (non-hydrogen) atoms. The molecular formula is C22H35FN2O3Si. The van der Waals surface area contributed by atoms with Crippen molar-refractivity contribution in [3.8, 4) is 0 Å². The van der Waals surface area contributed by atoms with Gasteiger partial charge in [-0.05, 0) is 55.1 Å². The highest BCUT2D eigenvalue weighted by molar-refractivity contribution is 6.74. The van der Waals surface area contributed by atoms with E-state index < -0.39 is 8.32 Å². The van der Waals surface area contributed by atoms with E-state index in [4.69, 9.17) is 9.16 Å². The van der Waals surface area contributed by atoms with Crippen molar-refractivity contribution in [3.63, 3.8) is 0 Å². The summed E-state index contributed by atoms with van der Waals surface area (Å²) in [5, 5.41) is 0.0638. The highest BCUT2D eigenvalue weighted by Crippen LogP contribution is 2.37. The summed E-state index contributed by atoms with van der Waals surface area (Å²) in [4.78, 5) is 18.1. The first-order chi connectivity index (χ1) is 13.3. The smallest absolute Gasteiger partial charge is 0.410 e. The van der Waals surface area contributed by atoms with Crippen molar-refractivity contribution in [2.75, 3.05) is 13.1 Å². The maximum atomic E-state index is 14.7. The molecule has 0 saturated heterocycles. The van der Waals surface area contributed by atoms with Gasteiger partial charge < -0.3 is 14.1 Å². The SMILES string of the molecule is CC(C)OC(=O)N1CC=C(c2cnc(CO[Si](C)(C)C(C)(C)C)c(F)c2)C(C)C1. The van der Waals surface area contributed by atoms with Crippen LogP contribution in [0.5, 0.6) is 0 Å². The number of ether oxygens (including phenoxy) is 1. The highest BCUT2D eigenvalue weighted by Gasteiger charge is 2.37. The van der Waals surface area contributed by atoms with Crippen molar-refractivity contribution >= 4 is 20.0 Å². The Morgan fingerprint density at radius 2 is 2.03 bits per heavy atom. The highest BCUT2D eigenvalue weighted by atomic mass is 28.4. The summed E-state index contributed by atoms with van der Waals surface area (Å²) >= 11 is 0. The maximum absolute atomic E-state index is 14.7. The Morgan fingerprint density at radius 1 is 1.38 bits per heavy atom. The number of aromatic nitrogens is 1. The van der Waals surface area contributed by atoms with Gasteiger partial charge in [0.15, 0.2) is 8.32 Å². The zero-order valence-corrected chi connectivity index (χ0v) is 20.0. The second-order valence-corrected chi connectivity index (χ2v) is 14.4. The van der Waals surface area contributed by atoms with Gasteiger partial charge in [-0.2, -0.15) is 0 Å². The molecule has 2 heterocycles. The molecule has 0 bridgehead atoms. The second-order valence-electron chi connectivity index (χ2n) is 9.60. The van der Waals surface area contributed by atoms with Crippen LogP contribution < -0.4 is 0 Å². The lowest BCUT2D eigenvalue weighted by molar-refractivity contribution is 0.0769. The molecule has 0 spiro atoms. The monoisotopic (exact) mass is 422 g/mol. The quantitative estimate of drug-likeness (QED) is 0.578. The molecule has 0 N–H and O–H groups in total. The Bertz CT molecular complexity index is 772. The van der Waals surface area contributed by atoms with Crippen LogP contribution in [0.1, 0.15) is 52.8 Å². The first-order valence-corrected chi connectivity index (χ1v) is 13.2. The van der Waals surface area contributed by atoms with Gasteiger partial charge in [0.05, 0.1) is 12.7 Å². The average molecular weight is 423 g/mol. The van der Waals surface area contributed by atoms with Crippen molar-refractivity contribution in [1.29, 1.82) is 0 Å². The number of halogens is 1. The molecule has 1 aliphatic heterocycles. The van der Waals surface area contributed by atoms with E-state index in [0.717, 1.165) is 11.1 Å². The summed E-state index contributed by atoms with van der Waals surface area (Å²) < 4.78 is 26.1. The third-order valence-corrected chi connectivity index (χ3v) is 10.3. The lowest BCUT2D eigenvalue weighted by Gasteiger charge is -2.36. The van der Waals surface area contributed by atoms with Crippen molar-refractivity contribution < 1.29 is 18.3 Å². The number of pyridine rings is 1. The van der Waals surface area contributed by atoms with Crippen LogP contribution in [0.25, 0.3) is 5.57 Å². The van der Waals surface area contributed by atoms with Gasteiger partial charge in [0.25, 0.3) is 0 Å². The second kappa shape index (κ2) is 8.96. The predicted molar refractivity (Wildman–Crippen MR) is 117 cm³/mol. The summed E-state index contributed by atoms with van der Waals surface area (Å²) in [5.74, 6) is -0.282. The zero-order chi connectivity index (χ0) is 22.0. The number of hydrogen-bond donors (Lipinski definition) is 0. The van der Waals surface area contributed by atoms with Crippen LogP contribution in [0.2, 0.25) is 18.1 Å². The van der Waals surface area contributed by atoms with Crippen LogP contribution in [-0.4, -0.2) is 43.5 Å². The molecule has 0 aromatic carbocycles. The van der Waals surface area contributed by atoms with Crippen LogP contribution in [0.15, 0.2) is 18.3 Å². The van der Waals surface area contributed by atoms with Gasteiger partial charge in [0, 0.05) is 19.3 Å². The fourth-order valence-corrected chi connectivity index (χ4v) is 3.87. The van der Waals surface area contributed by atoms with E-state index in [2.05, 4.69) is 38.8 Å². The molecular weight excluding hydrogens is 387 g/mol. The summed E-state index contributed by atoms with van der Waals surface area (Å²) in [6.07, 6.45) is 3.20. The van der Waals surface area contributed by atoms with E-state index in [1.807, 2.05) is 26.8 Å². The number of hydrogen-bond acceptors (Lipinski definition) is 4. The molecule has 162 valence electrons. The number of nitrogens with zero attached hydrogens (tertiary/aromatic N) is 2. The van der Waals surface area contributed by atoms with Gasteiger partial charge in [-0.15, -0.1) is 0 Å². The van der Waals surface area contributed by atoms with Gasteiger partial charge in [0.1, 0.15) is 11.5 Å². The maximum Gasteiger partial charge on any atom is 0.410 e. The minimum atomic E-state index is -1.97. The molecule has 0 aliphatic carbocycles. The molecule has 1 aromatic rings. The lowest BCUT2D eigenvalue weighted by atomic mass is 9.91. The van der Waals surface area contributed by atoms with Crippen molar-refractivity contribution in [1.82, 2.24) is 9.88 Å². The van der Waals surface area contributed by atoms with E-state index in [1.165, 1.54) is 6.07 Å². The molecule has 1 aromatic heterocycles. The van der Waals surface area contributed by atoms with E-state index in [1.54, 1.807) is 11.1 Å². The normalized spacial score (nSPS) is 18.1. The van der Waals surface area contributed by atoms with Crippen molar-refractivity contribution in [3.05, 3.63) is 35.4 Å². The third-order valence-electron chi connectivity index (χ3n) is 5.78. The zero-order valence-electron chi connectivity index (χ0n) is 19.0. The first-order valence-electron chi connectivity index (χ1n) is 10.3. The van der Waals surface area contributed by atoms with E-state index >= 15 is 0 Å². The third kappa shape index (κ3) is 5.89. The lowest BCUT2D eigenvalue weighted by Crippen LogP contribution is -2.40. The van der Waals surface area contributed by atoms with Crippen LogP contribution in [-0.2, 0) is 15.8 Å². The van der Waals surface area contributed by atoms with Crippen LogP contribution in [0, 0.1) is 11.7 Å². The number of amides is 1. The van der Waals surface area contributed by atoms with Gasteiger partial charge in [0.2, 0.25) is 0 Å². The molecule has 1 amide bonds. The van der Waals surface area contributed by atoms with Crippen molar-refractivity contribution in [2.45, 2.75) is 72.4 Å². The van der Waals surface area contributed by atoms with Gasteiger partial charge >= 0.3 is 6.09 Å². The average Bonchev–Trinajstić information content (AvgIpc) is 2.59. The molecule has 2 rings (SSSR count). The molecule has 0 fully saturated rings.